The van der Waals surface area contributed by atoms with Crippen molar-refractivity contribution in [1.82, 2.24) is 15.0 Å². The number of hydrogen-bond acceptors (Lipinski definition) is 4. The fourth-order valence-electron chi connectivity index (χ4n) is 0.983. The van der Waals surface area contributed by atoms with Crippen LogP contribution in [-0.4, -0.2) is 15.0 Å². The maximum Gasteiger partial charge on any atom is 0.178 e. The lowest BCUT2D eigenvalue weighted by Crippen LogP contribution is -2.01. The molecule has 0 unspecified atom stereocenters. The van der Waals surface area contributed by atoms with E-state index in [1.165, 1.54) is 0 Å². The minimum atomic E-state index is 0.402. The number of pyridine rings is 1. The number of hydrogen-bond donors (Lipinski definition) is 1. The number of rotatable bonds is 1. The van der Waals surface area contributed by atoms with Crippen molar-refractivity contribution < 1.29 is 0 Å². The van der Waals surface area contributed by atoms with E-state index < -0.39 is 0 Å². The Bertz CT molecular complexity index is 399. The molecule has 2 heterocycles. The molecule has 0 bridgehead atoms. The largest absolute Gasteiger partial charge is 0.325 e. The number of nitrogens with zero attached hydrogens (tertiary/aromatic N) is 3. The molecule has 4 heteroatoms. The van der Waals surface area contributed by atoms with E-state index in [2.05, 4.69) is 15.0 Å². The summed E-state index contributed by atoms with van der Waals surface area (Å²) in [6.45, 7) is 0.402. The summed E-state index contributed by atoms with van der Waals surface area (Å²) in [5, 5.41) is 0. The third-order valence-corrected chi connectivity index (χ3v) is 1.58. The minimum absolute atomic E-state index is 0.402. The molecule has 0 fully saturated rings. The van der Waals surface area contributed by atoms with Gasteiger partial charge in [0.05, 0.1) is 11.9 Å². The lowest BCUT2D eigenvalue weighted by Gasteiger charge is -1.96. The van der Waals surface area contributed by atoms with E-state index in [-0.39, 0.29) is 0 Å². The van der Waals surface area contributed by atoms with Gasteiger partial charge in [0.25, 0.3) is 0 Å². The second kappa shape index (κ2) is 2.83. The van der Waals surface area contributed by atoms with Crippen LogP contribution in [0.2, 0.25) is 0 Å². The summed E-state index contributed by atoms with van der Waals surface area (Å²) in [5.74, 6) is 0. The SMILES string of the molecule is NCc1cnc2cccnc2n1. The van der Waals surface area contributed by atoms with Crippen molar-refractivity contribution in [3.8, 4) is 0 Å². The van der Waals surface area contributed by atoms with Gasteiger partial charge in [-0.05, 0) is 12.1 Å². The van der Waals surface area contributed by atoms with E-state index in [0.29, 0.717) is 12.2 Å². The molecule has 2 aromatic heterocycles. The Balaban J connectivity index is 2.67. The highest BCUT2D eigenvalue weighted by Gasteiger charge is 1.96. The molecule has 0 aliphatic heterocycles. The Morgan fingerprint density at radius 2 is 2.25 bits per heavy atom. The van der Waals surface area contributed by atoms with Crippen LogP contribution in [0.15, 0.2) is 24.5 Å². The molecule has 0 saturated heterocycles. The van der Waals surface area contributed by atoms with Crippen LogP contribution in [0.5, 0.6) is 0 Å². The Kier molecular flexibility index (Phi) is 1.68. The number of nitrogens with two attached hydrogens (primary N) is 1. The van der Waals surface area contributed by atoms with Crippen LogP contribution in [0.4, 0.5) is 0 Å². The zero-order valence-electron chi connectivity index (χ0n) is 6.44. The summed E-state index contributed by atoms with van der Waals surface area (Å²) in [5.41, 5.74) is 7.63. The molecule has 0 spiro atoms. The van der Waals surface area contributed by atoms with E-state index in [0.717, 1.165) is 11.2 Å². The van der Waals surface area contributed by atoms with Crippen molar-refractivity contribution in [2.75, 3.05) is 0 Å². The first kappa shape index (κ1) is 7.12. The fourth-order valence-corrected chi connectivity index (χ4v) is 0.983. The molecule has 2 N–H and O–H groups in total. The summed E-state index contributed by atoms with van der Waals surface area (Å²) < 4.78 is 0. The molecule has 4 nitrogen and oxygen atoms in total. The van der Waals surface area contributed by atoms with Crippen LogP contribution in [0.25, 0.3) is 11.2 Å². The van der Waals surface area contributed by atoms with Crippen molar-refractivity contribution in [2.45, 2.75) is 6.54 Å². The second-order valence-corrected chi connectivity index (χ2v) is 2.41. The van der Waals surface area contributed by atoms with Crippen LogP contribution < -0.4 is 5.73 Å². The van der Waals surface area contributed by atoms with Gasteiger partial charge in [-0.25, -0.2) is 9.97 Å². The molecule has 0 atom stereocenters. The highest BCUT2D eigenvalue weighted by molar-refractivity contribution is 5.68. The Morgan fingerprint density at radius 1 is 1.33 bits per heavy atom. The van der Waals surface area contributed by atoms with Crippen LogP contribution in [0.1, 0.15) is 5.69 Å². The predicted molar refractivity (Wildman–Crippen MR) is 45.2 cm³/mol. The van der Waals surface area contributed by atoms with Gasteiger partial charge in [0.1, 0.15) is 5.52 Å². The molecule has 0 saturated carbocycles. The van der Waals surface area contributed by atoms with E-state index in [1.807, 2.05) is 12.1 Å². The van der Waals surface area contributed by atoms with Gasteiger partial charge in [-0.2, -0.15) is 0 Å². The normalized spacial score (nSPS) is 10.4. The Morgan fingerprint density at radius 3 is 3.08 bits per heavy atom. The summed E-state index contributed by atoms with van der Waals surface area (Å²) >= 11 is 0. The van der Waals surface area contributed by atoms with Gasteiger partial charge in [-0.1, -0.05) is 0 Å². The summed E-state index contributed by atoms with van der Waals surface area (Å²) in [6.07, 6.45) is 3.36. The van der Waals surface area contributed by atoms with E-state index in [4.69, 9.17) is 5.73 Å². The van der Waals surface area contributed by atoms with E-state index in [1.54, 1.807) is 12.4 Å². The quantitative estimate of drug-likeness (QED) is 0.659. The molecule has 0 radical (unpaired) electrons. The van der Waals surface area contributed by atoms with Crippen LogP contribution in [-0.2, 0) is 6.54 Å². The van der Waals surface area contributed by atoms with E-state index >= 15 is 0 Å². The van der Waals surface area contributed by atoms with Crippen molar-refractivity contribution in [3.05, 3.63) is 30.2 Å². The summed E-state index contributed by atoms with van der Waals surface area (Å²) in [4.78, 5) is 12.4. The first-order valence-electron chi connectivity index (χ1n) is 3.67. The van der Waals surface area contributed by atoms with Crippen molar-refractivity contribution in [3.63, 3.8) is 0 Å². The first-order valence-corrected chi connectivity index (χ1v) is 3.67. The Labute approximate surface area is 69.5 Å². The van der Waals surface area contributed by atoms with Gasteiger partial charge in [-0.3, -0.25) is 4.98 Å². The van der Waals surface area contributed by atoms with Crippen LogP contribution in [0.3, 0.4) is 0 Å². The van der Waals surface area contributed by atoms with Crippen molar-refractivity contribution in [1.29, 1.82) is 0 Å². The molecule has 0 aromatic carbocycles. The average molecular weight is 160 g/mol. The second-order valence-electron chi connectivity index (χ2n) is 2.41. The predicted octanol–water partition coefficient (Wildman–Crippen LogP) is 0.483. The molecule has 60 valence electrons. The van der Waals surface area contributed by atoms with Gasteiger partial charge >= 0.3 is 0 Å². The highest BCUT2D eigenvalue weighted by atomic mass is 14.9. The molecule has 0 aliphatic rings. The smallest absolute Gasteiger partial charge is 0.178 e. The standard InChI is InChI=1S/C8H8N4/c9-4-6-5-11-7-2-1-3-10-8(7)12-6/h1-3,5H,4,9H2. The minimum Gasteiger partial charge on any atom is -0.325 e. The first-order chi connectivity index (χ1) is 5.90. The lowest BCUT2D eigenvalue weighted by molar-refractivity contribution is 0.979. The third-order valence-electron chi connectivity index (χ3n) is 1.58. The molecule has 12 heavy (non-hydrogen) atoms. The molecule has 2 rings (SSSR count). The van der Waals surface area contributed by atoms with Gasteiger partial charge in [-0.15, -0.1) is 0 Å². The molecule has 0 amide bonds. The van der Waals surface area contributed by atoms with Crippen molar-refractivity contribution in [2.24, 2.45) is 5.73 Å². The van der Waals surface area contributed by atoms with Gasteiger partial charge in [0.15, 0.2) is 5.65 Å². The summed E-state index contributed by atoms with van der Waals surface area (Å²) in [6, 6.07) is 3.70. The van der Waals surface area contributed by atoms with Gasteiger partial charge in [0.2, 0.25) is 0 Å². The monoisotopic (exact) mass is 160 g/mol. The number of aromatic nitrogens is 3. The lowest BCUT2D eigenvalue weighted by atomic mass is 10.4. The van der Waals surface area contributed by atoms with Crippen LogP contribution in [0, 0.1) is 0 Å². The molecule has 0 aliphatic carbocycles. The highest BCUT2D eigenvalue weighted by Crippen LogP contribution is 2.04. The molecular formula is C8H8N4. The van der Waals surface area contributed by atoms with Gasteiger partial charge < -0.3 is 5.73 Å². The van der Waals surface area contributed by atoms with Gasteiger partial charge in [0, 0.05) is 12.7 Å². The number of fused-ring (bicyclic) bond motifs is 1. The third kappa shape index (κ3) is 1.12. The van der Waals surface area contributed by atoms with Crippen molar-refractivity contribution >= 4 is 11.2 Å². The van der Waals surface area contributed by atoms with Crippen LogP contribution >= 0.6 is 0 Å². The fraction of sp³-hybridized carbons (Fsp3) is 0.125. The molecular weight excluding hydrogens is 152 g/mol. The summed E-state index contributed by atoms with van der Waals surface area (Å²) in [7, 11) is 0. The molecule has 2 aromatic rings. The average Bonchev–Trinajstić information content (AvgIpc) is 2.17. The Hall–Kier alpha value is -1.55. The maximum atomic E-state index is 5.41. The van der Waals surface area contributed by atoms with E-state index in [9.17, 15) is 0 Å². The maximum absolute atomic E-state index is 5.41. The zero-order valence-corrected chi connectivity index (χ0v) is 6.44. The zero-order chi connectivity index (χ0) is 8.39. The topological polar surface area (TPSA) is 64.7 Å².